The number of nitrogens with zero attached hydrogens (tertiary/aromatic N) is 1. The zero-order valence-electron chi connectivity index (χ0n) is 15.4. The summed E-state index contributed by atoms with van der Waals surface area (Å²) in [5.74, 6) is -4.21. The van der Waals surface area contributed by atoms with Crippen molar-refractivity contribution >= 4 is 11.7 Å². The Morgan fingerprint density at radius 1 is 1.32 bits per heavy atom. The summed E-state index contributed by atoms with van der Waals surface area (Å²) < 4.78 is 41.5. The number of pyridine rings is 1. The van der Waals surface area contributed by atoms with Gasteiger partial charge in [0.15, 0.2) is 0 Å². The van der Waals surface area contributed by atoms with Gasteiger partial charge in [0.05, 0.1) is 5.57 Å². The Bertz CT molecular complexity index is 992. The molecule has 0 aliphatic heterocycles. The van der Waals surface area contributed by atoms with Crippen molar-refractivity contribution in [2.45, 2.75) is 25.7 Å². The molecule has 1 N–H and O–H groups in total. The van der Waals surface area contributed by atoms with E-state index >= 15 is 0 Å². The smallest absolute Gasteiger partial charge is 0.273 e. The van der Waals surface area contributed by atoms with Gasteiger partial charge in [-0.1, -0.05) is 25.3 Å². The standard InChI is InChI=1S/C22H19F3N2O/c1-4-5-17(14(3)23)21(28)27-20-7-6-16(12-26-20)18-11-19-15(10-13(18)2)8-9-22(19,24)25/h4-7,10-12H,1,3,8-9H2,2H3,(H,26,27,28)/b17-5+. The van der Waals surface area contributed by atoms with Crippen molar-refractivity contribution in [3.05, 3.63) is 83.9 Å². The predicted octanol–water partition coefficient (Wildman–Crippen LogP) is 5.63. The lowest BCUT2D eigenvalue weighted by Crippen LogP contribution is -2.15. The number of fused-ring (bicyclic) bond motifs is 1. The first-order valence-electron chi connectivity index (χ1n) is 8.70. The molecule has 0 saturated heterocycles. The van der Waals surface area contributed by atoms with Gasteiger partial charge >= 0.3 is 0 Å². The Kier molecular flexibility index (Phi) is 5.23. The molecule has 0 unspecified atom stereocenters. The highest BCUT2D eigenvalue weighted by Crippen LogP contribution is 2.44. The third-order valence-electron chi connectivity index (χ3n) is 4.69. The van der Waals surface area contributed by atoms with Crippen LogP contribution in [0.3, 0.4) is 0 Å². The maximum Gasteiger partial charge on any atom is 0.273 e. The summed E-state index contributed by atoms with van der Waals surface area (Å²) in [6, 6.07) is 6.52. The van der Waals surface area contributed by atoms with E-state index in [9.17, 15) is 18.0 Å². The highest BCUT2D eigenvalue weighted by molar-refractivity contribution is 6.06. The number of amides is 1. The predicted molar refractivity (Wildman–Crippen MR) is 104 cm³/mol. The van der Waals surface area contributed by atoms with E-state index in [1.54, 1.807) is 12.1 Å². The minimum Gasteiger partial charge on any atom is -0.306 e. The largest absolute Gasteiger partial charge is 0.306 e. The van der Waals surface area contributed by atoms with Crippen LogP contribution in [0.5, 0.6) is 0 Å². The van der Waals surface area contributed by atoms with E-state index in [-0.39, 0.29) is 23.4 Å². The maximum absolute atomic E-state index is 14.1. The number of carbonyl (C=O) groups excluding carboxylic acids is 1. The molecule has 144 valence electrons. The second-order valence-electron chi connectivity index (χ2n) is 6.64. The van der Waals surface area contributed by atoms with Crippen molar-refractivity contribution in [1.82, 2.24) is 4.98 Å². The molecule has 0 bridgehead atoms. The monoisotopic (exact) mass is 384 g/mol. The molecule has 1 heterocycles. The fourth-order valence-electron chi connectivity index (χ4n) is 3.27. The molecule has 28 heavy (non-hydrogen) atoms. The number of carbonyl (C=O) groups is 1. The number of allylic oxidation sites excluding steroid dienone is 2. The van der Waals surface area contributed by atoms with Crippen LogP contribution >= 0.6 is 0 Å². The van der Waals surface area contributed by atoms with Gasteiger partial charge in [-0.25, -0.2) is 18.2 Å². The first-order valence-corrected chi connectivity index (χ1v) is 8.70. The molecule has 1 aliphatic carbocycles. The van der Waals surface area contributed by atoms with Crippen LogP contribution in [0.25, 0.3) is 11.1 Å². The number of halogens is 3. The van der Waals surface area contributed by atoms with Crippen LogP contribution in [0, 0.1) is 6.92 Å². The van der Waals surface area contributed by atoms with E-state index in [0.29, 0.717) is 23.1 Å². The van der Waals surface area contributed by atoms with Crippen molar-refractivity contribution in [1.29, 1.82) is 0 Å². The van der Waals surface area contributed by atoms with Gasteiger partial charge < -0.3 is 5.32 Å². The van der Waals surface area contributed by atoms with Gasteiger partial charge in [0, 0.05) is 23.7 Å². The third kappa shape index (κ3) is 3.76. The summed E-state index contributed by atoms with van der Waals surface area (Å²) in [6.07, 6.45) is 4.17. The average Bonchev–Trinajstić information content (AvgIpc) is 2.93. The molecule has 0 fully saturated rings. The minimum absolute atomic E-state index is 0.0612. The van der Waals surface area contributed by atoms with E-state index < -0.39 is 17.7 Å². The Morgan fingerprint density at radius 3 is 2.68 bits per heavy atom. The quantitative estimate of drug-likeness (QED) is 0.536. The molecule has 1 aromatic heterocycles. The molecular formula is C22H19F3N2O. The van der Waals surface area contributed by atoms with Gasteiger partial charge in [-0.05, 0) is 54.3 Å². The SMILES string of the molecule is C=C/C=C(\C(=C)F)C(=O)Nc1ccc(-c2cc3c(cc2C)CCC3(F)F)cn1. The highest BCUT2D eigenvalue weighted by Gasteiger charge is 2.39. The molecule has 1 aromatic carbocycles. The van der Waals surface area contributed by atoms with Crippen LogP contribution in [0.1, 0.15) is 23.1 Å². The van der Waals surface area contributed by atoms with Gasteiger partial charge in [0.25, 0.3) is 11.8 Å². The van der Waals surface area contributed by atoms with Gasteiger partial charge in [0.1, 0.15) is 11.6 Å². The fourth-order valence-corrected chi connectivity index (χ4v) is 3.27. The topological polar surface area (TPSA) is 42.0 Å². The fraction of sp³-hybridized carbons (Fsp3) is 0.182. The number of rotatable bonds is 5. The second-order valence-corrected chi connectivity index (χ2v) is 6.64. The Hall–Kier alpha value is -3.15. The Morgan fingerprint density at radius 2 is 2.07 bits per heavy atom. The van der Waals surface area contributed by atoms with Crippen LogP contribution in [0.15, 0.2) is 67.2 Å². The summed E-state index contributed by atoms with van der Waals surface area (Å²) in [6.45, 7) is 8.40. The number of aryl methyl sites for hydroxylation is 2. The van der Waals surface area contributed by atoms with Crippen molar-refractivity contribution in [3.63, 3.8) is 0 Å². The second kappa shape index (κ2) is 7.46. The first-order chi connectivity index (χ1) is 13.2. The van der Waals surface area contributed by atoms with Gasteiger partial charge in [-0.15, -0.1) is 0 Å². The summed E-state index contributed by atoms with van der Waals surface area (Å²) in [7, 11) is 0. The van der Waals surface area contributed by atoms with Crippen molar-refractivity contribution in [2.24, 2.45) is 0 Å². The van der Waals surface area contributed by atoms with E-state index in [4.69, 9.17) is 0 Å². The summed E-state index contributed by atoms with van der Waals surface area (Å²) in [4.78, 5) is 16.2. The molecule has 0 atom stereocenters. The normalized spacial score (nSPS) is 15.1. The zero-order valence-corrected chi connectivity index (χ0v) is 15.4. The molecule has 3 nitrogen and oxygen atoms in total. The van der Waals surface area contributed by atoms with Crippen LogP contribution in [0.4, 0.5) is 19.0 Å². The zero-order chi connectivity index (χ0) is 20.5. The van der Waals surface area contributed by atoms with E-state index in [1.165, 1.54) is 30.5 Å². The molecule has 0 spiro atoms. The van der Waals surface area contributed by atoms with Gasteiger partial charge in [0.2, 0.25) is 0 Å². The molecule has 1 aliphatic rings. The molecule has 0 saturated carbocycles. The highest BCUT2D eigenvalue weighted by atomic mass is 19.3. The van der Waals surface area contributed by atoms with E-state index in [1.807, 2.05) is 6.92 Å². The first kappa shape index (κ1) is 19.6. The number of nitrogens with one attached hydrogen (secondary N) is 1. The van der Waals surface area contributed by atoms with E-state index in [0.717, 1.165) is 5.56 Å². The van der Waals surface area contributed by atoms with Gasteiger partial charge in [-0.3, -0.25) is 4.79 Å². The van der Waals surface area contributed by atoms with E-state index in [2.05, 4.69) is 23.5 Å². The Labute approximate surface area is 161 Å². The molecule has 2 aromatic rings. The lowest BCUT2D eigenvalue weighted by molar-refractivity contribution is -0.112. The maximum atomic E-state index is 14.1. The van der Waals surface area contributed by atoms with Crippen LogP contribution < -0.4 is 5.32 Å². The lowest BCUT2D eigenvalue weighted by atomic mass is 9.96. The molecular weight excluding hydrogens is 365 g/mol. The number of hydrogen-bond donors (Lipinski definition) is 1. The third-order valence-corrected chi connectivity index (χ3v) is 4.69. The van der Waals surface area contributed by atoms with Crippen LogP contribution in [0.2, 0.25) is 0 Å². The number of hydrogen-bond acceptors (Lipinski definition) is 2. The molecule has 3 rings (SSSR count). The minimum atomic E-state index is -2.82. The van der Waals surface area contributed by atoms with Crippen LogP contribution in [-0.4, -0.2) is 10.9 Å². The van der Waals surface area contributed by atoms with Crippen molar-refractivity contribution in [3.8, 4) is 11.1 Å². The van der Waals surface area contributed by atoms with Crippen molar-refractivity contribution in [2.75, 3.05) is 5.32 Å². The average molecular weight is 384 g/mol. The van der Waals surface area contributed by atoms with Gasteiger partial charge in [-0.2, -0.15) is 0 Å². The van der Waals surface area contributed by atoms with Crippen molar-refractivity contribution < 1.29 is 18.0 Å². The molecule has 6 heteroatoms. The summed E-state index contributed by atoms with van der Waals surface area (Å²) in [5, 5.41) is 2.47. The molecule has 0 radical (unpaired) electrons. The van der Waals surface area contributed by atoms with Crippen LogP contribution in [-0.2, 0) is 17.1 Å². The summed E-state index contributed by atoms with van der Waals surface area (Å²) >= 11 is 0. The number of anilines is 1. The Balaban J connectivity index is 1.86. The number of benzene rings is 1. The number of aromatic nitrogens is 1. The lowest BCUT2D eigenvalue weighted by Gasteiger charge is -2.14. The molecule has 1 amide bonds. The number of alkyl halides is 2. The summed E-state index contributed by atoms with van der Waals surface area (Å²) in [5.41, 5.74) is 2.67.